The molecule has 1 aliphatic carbocycles. The van der Waals surface area contributed by atoms with Gasteiger partial charge in [-0.3, -0.25) is 9.59 Å². The lowest BCUT2D eigenvalue weighted by molar-refractivity contribution is -0.141. The van der Waals surface area contributed by atoms with Gasteiger partial charge in [-0.25, -0.2) is 0 Å². The summed E-state index contributed by atoms with van der Waals surface area (Å²) >= 11 is 0. The fourth-order valence-electron chi connectivity index (χ4n) is 3.88. The van der Waals surface area contributed by atoms with E-state index in [0.29, 0.717) is 26.1 Å². The number of benzene rings is 1. The average Bonchev–Trinajstić information content (AvgIpc) is 3.05. The molecule has 1 heterocycles. The van der Waals surface area contributed by atoms with E-state index in [0.717, 1.165) is 24.2 Å². The first-order valence-corrected chi connectivity index (χ1v) is 8.74. The van der Waals surface area contributed by atoms with E-state index in [1.54, 1.807) is 0 Å². The van der Waals surface area contributed by atoms with Crippen molar-refractivity contribution in [2.75, 3.05) is 19.7 Å². The van der Waals surface area contributed by atoms with Crippen molar-refractivity contribution in [2.45, 2.75) is 33.1 Å². The minimum absolute atomic E-state index is 0.161. The molecule has 24 heavy (non-hydrogen) atoms. The Hall–Kier alpha value is -2.04. The molecule has 1 aliphatic heterocycles. The molecule has 3 rings (SSSR count). The lowest BCUT2D eigenvalue weighted by Gasteiger charge is -2.19. The van der Waals surface area contributed by atoms with Gasteiger partial charge in [0.2, 0.25) is 5.91 Å². The van der Waals surface area contributed by atoms with Crippen LogP contribution in [0, 0.1) is 24.7 Å². The zero-order chi connectivity index (χ0) is 17.3. The molecule has 1 unspecified atom stereocenters. The summed E-state index contributed by atoms with van der Waals surface area (Å²) in [6.07, 6.45) is 2.22. The number of hydrogen-bond acceptors (Lipinski definition) is 3. The van der Waals surface area contributed by atoms with Crippen LogP contribution in [-0.4, -0.2) is 41.6 Å². The summed E-state index contributed by atoms with van der Waals surface area (Å²) in [7, 11) is 0. The van der Waals surface area contributed by atoms with Gasteiger partial charge in [0.25, 0.3) is 0 Å². The molecule has 3 atom stereocenters. The van der Waals surface area contributed by atoms with Crippen molar-refractivity contribution in [1.29, 1.82) is 0 Å². The van der Waals surface area contributed by atoms with Crippen molar-refractivity contribution in [1.82, 2.24) is 4.90 Å². The molecule has 1 N–H and O–H groups in total. The second-order valence-electron chi connectivity index (χ2n) is 6.88. The molecule has 130 valence electrons. The van der Waals surface area contributed by atoms with Crippen LogP contribution in [0.25, 0.3) is 0 Å². The maximum atomic E-state index is 12.2. The highest BCUT2D eigenvalue weighted by Crippen LogP contribution is 2.51. The molecule has 1 amide bonds. The van der Waals surface area contributed by atoms with Crippen LogP contribution in [0.1, 0.15) is 30.9 Å². The van der Waals surface area contributed by atoms with Gasteiger partial charge in [-0.15, -0.1) is 0 Å². The number of amides is 1. The predicted octanol–water partition coefficient (Wildman–Crippen LogP) is 2.51. The van der Waals surface area contributed by atoms with Crippen molar-refractivity contribution >= 4 is 11.9 Å². The normalized spacial score (nSPS) is 24.6. The Kier molecular flexibility index (Phi) is 4.78. The maximum absolute atomic E-state index is 12.2. The Bertz CT molecular complexity index is 630. The topological polar surface area (TPSA) is 66.8 Å². The molecule has 1 saturated heterocycles. The van der Waals surface area contributed by atoms with E-state index in [1.165, 1.54) is 5.56 Å². The molecule has 0 aromatic heterocycles. The van der Waals surface area contributed by atoms with Crippen LogP contribution in [-0.2, 0) is 16.0 Å². The van der Waals surface area contributed by atoms with Crippen molar-refractivity contribution < 1.29 is 19.4 Å². The fourth-order valence-corrected chi connectivity index (χ4v) is 3.88. The van der Waals surface area contributed by atoms with Crippen LogP contribution in [0.15, 0.2) is 18.2 Å². The predicted molar refractivity (Wildman–Crippen MR) is 90.0 cm³/mol. The first-order valence-electron chi connectivity index (χ1n) is 8.74. The summed E-state index contributed by atoms with van der Waals surface area (Å²) in [6.45, 7) is 5.93. The van der Waals surface area contributed by atoms with Gasteiger partial charge in [0.1, 0.15) is 5.75 Å². The van der Waals surface area contributed by atoms with Crippen LogP contribution in [0.4, 0.5) is 0 Å². The van der Waals surface area contributed by atoms with Gasteiger partial charge in [0, 0.05) is 19.5 Å². The van der Waals surface area contributed by atoms with Gasteiger partial charge >= 0.3 is 5.97 Å². The number of rotatable bonds is 7. The van der Waals surface area contributed by atoms with Crippen LogP contribution < -0.4 is 4.74 Å². The maximum Gasteiger partial charge on any atom is 0.307 e. The number of carboxylic acids is 1. The molecule has 5 heteroatoms. The second kappa shape index (κ2) is 6.83. The third-order valence-electron chi connectivity index (χ3n) is 5.23. The number of aryl methyl sites for hydroxylation is 2. The smallest absolute Gasteiger partial charge is 0.307 e. The quantitative estimate of drug-likeness (QED) is 0.834. The Labute approximate surface area is 142 Å². The van der Waals surface area contributed by atoms with Gasteiger partial charge in [-0.05, 0) is 55.7 Å². The first kappa shape index (κ1) is 16.8. The van der Waals surface area contributed by atoms with Crippen molar-refractivity contribution in [3.8, 4) is 5.75 Å². The van der Waals surface area contributed by atoms with Crippen LogP contribution >= 0.6 is 0 Å². The van der Waals surface area contributed by atoms with E-state index in [4.69, 9.17) is 9.84 Å². The first-order chi connectivity index (χ1) is 11.5. The molecule has 0 spiro atoms. The number of nitrogens with zero attached hydrogens (tertiary/aromatic N) is 1. The standard InChI is InChI=1S/C19H25NO4/c1-3-24-16-8-7-13(9-12(16)2)5-4-6-17(21)20-10-14-15(11-20)18(14)19(22)23/h7-9,14-15,18H,3-6,10-11H2,1-2H3,(H,22,23)/t14-,15+,18?. The summed E-state index contributed by atoms with van der Waals surface area (Å²) in [5.41, 5.74) is 2.35. The molecule has 1 aromatic rings. The van der Waals surface area contributed by atoms with Crippen molar-refractivity contribution in [3.63, 3.8) is 0 Å². The van der Waals surface area contributed by atoms with Crippen LogP contribution in [0.5, 0.6) is 5.75 Å². The lowest BCUT2D eigenvalue weighted by atomic mass is 10.0. The Morgan fingerprint density at radius 3 is 2.58 bits per heavy atom. The number of aliphatic carboxylic acids is 1. The third-order valence-corrected chi connectivity index (χ3v) is 5.23. The van der Waals surface area contributed by atoms with E-state index >= 15 is 0 Å². The Morgan fingerprint density at radius 2 is 2.00 bits per heavy atom. The van der Waals surface area contributed by atoms with Crippen molar-refractivity contribution in [3.05, 3.63) is 29.3 Å². The minimum Gasteiger partial charge on any atom is -0.494 e. The van der Waals surface area contributed by atoms with E-state index < -0.39 is 5.97 Å². The van der Waals surface area contributed by atoms with E-state index in [9.17, 15) is 9.59 Å². The average molecular weight is 331 g/mol. The number of carbonyl (C=O) groups is 2. The van der Waals surface area contributed by atoms with Crippen LogP contribution in [0.3, 0.4) is 0 Å². The third kappa shape index (κ3) is 3.40. The molecule has 5 nitrogen and oxygen atoms in total. The molecule has 0 radical (unpaired) electrons. The van der Waals surface area contributed by atoms with Gasteiger partial charge in [-0.1, -0.05) is 12.1 Å². The fraction of sp³-hybridized carbons (Fsp3) is 0.579. The highest BCUT2D eigenvalue weighted by molar-refractivity contribution is 5.79. The number of likely N-dealkylation sites (tertiary alicyclic amines) is 1. The van der Waals surface area contributed by atoms with Crippen molar-refractivity contribution in [2.24, 2.45) is 17.8 Å². The number of piperidine rings is 1. The molecule has 1 aromatic carbocycles. The number of hydrogen-bond donors (Lipinski definition) is 1. The van der Waals surface area contributed by atoms with Gasteiger partial charge in [0.05, 0.1) is 12.5 Å². The number of carbonyl (C=O) groups excluding carboxylic acids is 1. The molecule has 1 saturated carbocycles. The number of ether oxygens (including phenoxy) is 1. The molecule has 0 bridgehead atoms. The van der Waals surface area contributed by atoms with E-state index in [-0.39, 0.29) is 23.7 Å². The summed E-state index contributed by atoms with van der Waals surface area (Å²) in [5.74, 6) is 0.555. The summed E-state index contributed by atoms with van der Waals surface area (Å²) < 4.78 is 5.54. The second-order valence-corrected chi connectivity index (χ2v) is 6.88. The molecular formula is C19H25NO4. The molecule has 2 fully saturated rings. The highest BCUT2D eigenvalue weighted by Gasteiger charge is 2.60. The van der Waals surface area contributed by atoms with Gasteiger partial charge in [0.15, 0.2) is 0 Å². The molecular weight excluding hydrogens is 306 g/mol. The summed E-state index contributed by atoms with van der Waals surface area (Å²) in [6, 6.07) is 6.18. The number of carboxylic acid groups (broad SMARTS) is 1. The Balaban J connectivity index is 1.42. The SMILES string of the molecule is CCOc1ccc(CCCC(=O)N2C[C@@H]3C(C(=O)O)[C@@H]3C2)cc1C. The van der Waals surface area contributed by atoms with E-state index in [2.05, 4.69) is 12.1 Å². The monoisotopic (exact) mass is 331 g/mol. The van der Waals surface area contributed by atoms with Gasteiger partial charge in [-0.2, -0.15) is 0 Å². The zero-order valence-corrected chi connectivity index (χ0v) is 14.3. The minimum atomic E-state index is -0.706. The van der Waals surface area contributed by atoms with Crippen LogP contribution in [0.2, 0.25) is 0 Å². The Morgan fingerprint density at radius 1 is 1.29 bits per heavy atom. The largest absolute Gasteiger partial charge is 0.494 e. The lowest BCUT2D eigenvalue weighted by Crippen LogP contribution is -2.32. The molecule has 2 aliphatic rings. The summed E-state index contributed by atoms with van der Waals surface area (Å²) in [5, 5.41) is 9.01. The highest BCUT2D eigenvalue weighted by atomic mass is 16.5. The van der Waals surface area contributed by atoms with Gasteiger partial charge < -0.3 is 14.7 Å². The number of fused-ring (bicyclic) bond motifs is 1. The zero-order valence-electron chi connectivity index (χ0n) is 14.3. The van der Waals surface area contributed by atoms with E-state index in [1.807, 2.05) is 24.8 Å². The summed E-state index contributed by atoms with van der Waals surface area (Å²) in [4.78, 5) is 25.0.